The van der Waals surface area contributed by atoms with Gasteiger partial charge >= 0.3 is 11.9 Å². The molecule has 0 aromatic rings. The van der Waals surface area contributed by atoms with Gasteiger partial charge in [0.1, 0.15) is 6.42 Å². The monoisotopic (exact) mass is 307 g/mol. The average Bonchev–Trinajstić information content (AvgIpc) is 2.31. The van der Waals surface area contributed by atoms with Gasteiger partial charge in [0.15, 0.2) is 12.1 Å². The largest absolute Gasteiger partial charge is 0.600 e. The lowest BCUT2D eigenvalue weighted by Gasteiger charge is -2.29. The molecule has 0 bridgehead atoms. The second-order valence-corrected chi connectivity index (χ2v) is 5.10. The number of rotatable bonds is 9. The SMILES string of the molecule is CC(C)C[C@H](N)C(=O)N[C@H](C(=O)O)C(CC(=O)O)[NH+]([O-])O. The van der Waals surface area contributed by atoms with Crippen molar-refractivity contribution >= 4 is 17.8 Å². The summed E-state index contributed by atoms with van der Waals surface area (Å²) in [6, 6.07) is -4.63. The fourth-order valence-corrected chi connectivity index (χ4v) is 1.75. The summed E-state index contributed by atoms with van der Waals surface area (Å²) < 4.78 is 0. The van der Waals surface area contributed by atoms with Crippen LogP contribution in [-0.2, 0) is 14.4 Å². The molecule has 0 aliphatic heterocycles. The van der Waals surface area contributed by atoms with E-state index in [2.05, 4.69) is 0 Å². The van der Waals surface area contributed by atoms with Crippen LogP contribution in [0.4, 0.5) is 0 Å². The fourth-order valence-electron chi connectivity index (χ4n) is 1.75. The molecule has 0 saturated carbocycles. The van der Waals surface area contributed by atoms with Crippen LogP contribution in [0.5, 0.6) is 0 Å². The number of hydrogen-bond donors (Lipinski definition) is 6. The van der Waals surface area contributed by atoms with Crippen LogP contribution in [0.25, 0.3) is 0 Å². The molecule has 0 saturated heterocycles. The second-order valence-electron chi connectivity index (χ2n) is 5.10. The maximum Gasteiger partial charge on any atom is 0.332 e. The molecule has 0 aromatic heterocycles. The fraction of sp³-hybridized carbons (Fsp3) is 0.727. The minimum absolute atomic E-state index is 0.0864. The Morgan fingerprint density at radius 2 is 1.81 bits per heavy atom. The zero-order valence-corrected chi connectivity index (χ0v) is 11.8. The van der Waals surface area contributed by atoms with Gasteiger partial charge in [-0.1, -0.05) is 13.8 Å². The molecule has 0 radical (unpaired) electrons. The summed E-state index contributed by atoms with van der Waals surface area (Å²) in [5, 5.41) is 37.9. The summed E-state index contributed by atoms with van der Waals surface area (Å²) in [6.45, 7) is 3.62. The van der Waals surface area contributed by atoms with Crippen molar-refractivity contribution < 1.29 is 35.0 Å². The number of hydrogen-bond acceptors (Lipinski definition) is 6. The summed E-state index contributed by atoms with van der Waals surface area (Å²) >= 11 is 0. The van der Waals surface area contributed by atoms with Gasteiger partial charge in [-0.25, -0.2) is 15.2 Å². The number of aliphatic carboxylic acids is 2. The highest BCUT2D eigenvalue weighted by Crippen LogP contribution is 2.04. The van der Waals surface area contributed by atoms with Gasteiger partial charge in [0, 0.05) is 0 Å². The lowest BCUT2D eigenvalue weighted by molar-refractivity contribution is -1.07. The van der Waals surface area contributed by atoms with Crippen molar-refractivity contribution in [2.75, 3.05) is 0 Å². The average molecular weight is 307 g/mol. The predicted molar refractivity (Wildman–Crippen MR) is 69.2 cm³/mol. The third kappa shape index (κ3) is 6.99. The van der Waals surface area contributed by atoms with Crippen LogP contribution in [0.1, 0.15) is 26.7 Å². The number of carbonyl (C=O) groups is 3. The van der Waals surface area contributed by atoms with Gasteiger partial charge in [-0.3, -0.25) is 9.59 Å². The van der Waals surface area contributed by atoms with Crippen LogP contribution in [0.3, 0.4) is 0 Å². The topological polar surface area (TPSA) is 177 Å². The van der Waals surface area contributed by atoms with Crippen LogP contribution in [0.15, 0.2) is 0 Å². The van der Waals surface area contributed by atoms with E-state index < -0.39 is 47.6 Å². The summed E-state index contributed by atoms with van der Waals surface area (Å²) in [5.41, 5.74) is 5.58. The minimum Gasteiger partial charge on any atom is -0.600 e. The van der Waals surface area contributed by atoms with Crippen molar-refractivity contribution in [2.24, 2.45) is 11.7 Å². The lowest BCUT2D eigenvalue weighted by Crippen LogP contribution is -3.11. The highest BCUT2D eigenvalue weighted by Gasteiger charge is 2.37. The predicted octanol–water partition coefficient (Wildman–Crippen LogP) is -2.46. The zero-order valence-electron chi connectivity index (χ0n) is 11.8. The van der Waals surface area contributed by atoms with Crippen molar-refractivity contribution in [1.29, 1.82) is 0 Å². The normalized spacial score (nSPS) is 16.9. The van der Waals surface area contributed by atoms with Crippen molar-refractivity contribution in [1.82, 2.24) is 5.32 Å². The van der Waals surface area contributed by atoms with E-state index in [0.29, 0.717) is 0 Å². The van der Waals surface area contributed by atoms with E-state index in [1.54, 1.807) is 0 Å². The van der Waals surface area contributed by atoms with Gasteiger partial charge < -0.3 is 26.5 Å². The molecule has 0 aliphatic rings. The Balaban J connectivity index is 5.00. The van der Waals surface area contributed by atoms with Gasteiger partial charge in [-0.05, 0) is 12.3 Å². The Bertz CT molecular complexity index is 386. The molecular formula is C11H21N3O7. The number of nitrogens with two attached hydrogens (primary N) is 1. The Kier molecular flexibility index (Phi) is 7.81. The Morgan fingerprint density at radius 1 is 1.29 bits per heavy atom. The van der Waals surface area contributed by atoms with Crippen LogP contribution < -0.4 is 16.3 Å². The molecular weight excluding hydrogens is 286 g/mol. The molecule has 1 amide bonds. The molecule has 0 rings (SSSR count). The third-order valence-corrected chi connectivity index (χ3v) is 2.74. The number of carbonyl (C=O) groups excluding carboxylic acids is 1. The van der Waals surface area contributed by atoms with Gasteiger partial charge in [0.2, 0.25) is 5.91 Å². The first-order valence-electron chi connectivity index (χ1n) is 6.29. The maximum absolute atomic E-state index is 11.8. The molecule has 0 heterocycles. The molecule has 2 unspecified atom stereocenters. The van der Waals surface area contributed by atoms with Crippen LogP contribution in [0, 0.1) is 11.1 Å². The zero-order chi connectivity index (χ0) is 16.7. The second kappa shape index (κ2) is 8.52. The van der Waals surface area contributed by atoms with Crippen LogP contribution in [-0.4, -0.2) is 51.4 Å². The molecule has 7 N–H and O–H groups in total. The van der Waals surface area contributed by atoms with Gasteiger partial charge in [-0.2, -0.15) is 0 Å². The number of hydroxylamine groups is 2. The highest BCUT2D eigenvalue weighted by atomic mass is 16.8. The first kappa shape index (κ1) is 19.2. The highest BCUT2D eigenvalue weighted by molar-refractivity contribution is 5.87. The van der Waals surface area contributed by atoms with Crippen molar-refractivity contribution in [3.63, 3.8) is 0 Å². The first-order valence-corrected chi connectivity index (χ1v) is 6.29. The summed E-state index contributed by atoms with van der Waals surface area (Å²) in [4.78, 5) is 33.5. The molecule has 10 heteroatoms. The van der Waals surface area contributed by atoms with Crippen LogP contribution >= 0.6 is 0 Å². The molecule has 0 spiro atoms. The molecule has 0 fully saturated rings. The quantitative estimate of drug-likeness (QED) is 0.254. The van der Waals surface area contributed by atoms with Gasteiger partial charge in [0.25, 0.3) is 0 Å². The third-order valence-electron chi connectivity index (χ3n) is 2.74. The molecule has 21 heavy (non-hydrogen) atoms. The van der Waals surface area contributed by atoms with E-state index in [4.69, 9.17) is 21.2 Å². The van der Waals surface area contributed by atoms with E-state index >= 15 is 0 Å². The Labute approximate surface area is 121 Å². The summed E-state index contributed by atoms with van der Waals surface area (Å²) in [7, 11) is 0. The van der Waals surface area contributed by atoms with E-state index in [0.717, 1.165) is 0 Å². The standard InChI is InChI=1S/C11H21N3O7/c1-5(2)3-6(12)10(17)13-9(11(18)19)7(14(20)21)4-8(15)16/h5-7,9,14,20H,3-4,12H2,1-2H3,(H,13,17)(H,15,16)(H,18,19)/t6-,7?,9-/m0/s1. The first-order chi connectivity index (χ1) is 9.56. The molecule has 10 nitrogen and oxygen atoms in total. The Hall–Kier alpha value is -1.75. The van der Waals surface area contributed by atoms with Crippen molar-refractivity contribution in [2.45, 2.75) is 44.8 Å². The van der Waals surface area contributed by atoms with Crippen molar-refractivity contribution in [3.05, 3.63) is 5.21 Å². The summed E-state index contributed by atoms with van der Waals surface area (Å²) in [5.74, 6) is -3.85. The van der Waals surface area contributed by atoms with Gasteiger partial charge in [0.05, 0.1) is 6.04 Å². The number of quaternary nitrogens is 1. The van der Waals surface area contributed by atoms with Gasteiger partial charge in [-0.15, -0.1) is 0 Å². The van der Waals surface area contributed by atoms with Crippen molar-refractivity contribution in [3.8, 4) is 0 Å². The van der Waals surface area contributed by atoms with E-state index in [1.807, 2.05) is 19.2 Å². The molecule has 0 aromatic carbocycles. The molecule has 122 valence electrons. The van der Waals surface area contributed by atoms with Crippen LogP contribution in [0.2, 0.25) is 0 Å². The minimum atomic E-state index is -1.86. The number of carboxylic acid groups (broad SMARTS) is 2. The lowest BCUT2D eigenvalue weighted by atomic mass is 10.0. The number of nitrogens with one attached hydrogen (secondary N) is 2. The van der Waals surface area contributed by atoms with E-state index in [1.165, 1.54) is 0 Å². The molecule has 0 aliphatic carbocycles. The van der Waals surface area contributed by atoms with E-state index in [9.17, 15) is 19.6 Å². The van der Waals surface area contributed by atoms with E-state index in [-0.39, 0.29) is 12.3 Å². The summed E-state index contributed by atoms with van der Waals surface area (Å²) in [6.07, 6.45) is -0.638. The maximum atomic E-state index is 11.8. The molecule has 4 atom stereocenters. The number of amides is 1. The smallest absolute Gasteiger partial charge is 0.332 e. The Morgan fingerprint density at radius 3 is 2.14 bits per heavy atom. The number of carboxylic acids is 2.